The highest BCUT2D eigenvalue weighted by Crippen LogP contribution is 2.36. The second-order valence-electron chi connectivity index (χ2n) is 7.34. The van der Waals surface area contributed by atoms with Crippen LogP contribution in [0.15, 0.2) is 35.1 Å². The molecule has 0 bridgehead atoms. The number of aromatic nitrogens is 2. The number of hydrogen-bond donors (Lipinski definition) is 0. The monoisotopic (exact) mass is 449 g/mol. The molecule has 0 saturated carbocycles. The fourth-order valence-corrected chi connectivity index (χ4v) is 3.37. The van der Waals surface area contributed by atoms with E-state index in [1.807, 2.05) is 0 Å². The maximum absolute atomic E-state index is 13.5. The normalized spacial score (nSPS) is 19.3. The second-order valence-corrected chi connectivity index (χ2v) is 7.34. The van der Waals surface area contributed by atoms with Gasteiger partial charge in [-0.1, -0.05) is 6.07 Å². The molecule has 1 aliphatic heterocycles. The van der Waals surface area contributed by atoms with Crippen LogP contribution in [0.2, 0.25) is 0 Å². The van der Waals surface area contributed by atoms with Crippen molar-refractivity contribution >= 4 is 5.91 Å². The molecule has 0 N–H and O–H groups in total. The van der Waals surface area contributed by atoms with E-state index >= 15 is 0 Å². The fourth-order valence-electron chi connectivity index (χ4n) is 3.37. The Morgan fingerprint density at radius 2 is 1.84 bits per heavy atom. The molecule has 1 aliphatic rings. The summed E-state index contributed by atoms with van der Waals surface area (Å²) in [5, 5.41) is 3.55. The molecule has 1 fully saturated rings. The molecular formula is C19H17F6N3O3. The van der Waals surface area contributed by atoms with Crippen molar-refractivity contribution in [1.29, 1.82) is 0 Å². The van der Waals surface area contributed by atoms with Gasteiger partial charge in [0.05, 0.1) is 29.0 Å². The average molecular weight is 449 g/mol. The number of carbonyl (C=O) groups is 1. The molecule has 0 radical (unpaired) electrons. The molecule has 2 aromatic rings. The number of hydrogen-bond acceptors (Lipinski definition) is 4. The first kappa shape index (κ1) is 22.8. The maximum Gasteiger partial charge on any atom is 0.418 e. The van der Waals surface area contributed by atoms with Crippen molar-refractivity contribution in [2.45, 2.75) is 31.2 Å². The van der Waals surface area contributed by atoms with Crippen molar-refractivity contribution in [3.05, 3.63) is 57.5 Å². The first-order chi connectivity index (χ1) is 14.3. The van der Waals surface area contributed by atoms with Crippen LogP contribution in [0, 0.1) is 0 Å². The first-order valence-electron chi connectivity index (χ1n) is 8.98. The topological polar surface area (TPSA) is 64.4 Å². The van der Waals surface area contributed by atoms with Gasteiger partial charge in [-0.15, -0.1) is 0 Å². The smallest absolute Gasteiger partial charge is 0.382 e. The Balaban J connectivity index is 2.15. The minimum absolute atomic E-state index is 0.0629. The number of amides is 1. The Morgan fingerprint density at radius 3 is 2.35 bits per heavy atom. The van der Waals surface area contributed by atoms with Gasteiger partial charge in [0.1, 0.15) is 0 Å². The molecule has 12 heteroatoms. The largest absolute Gasteiger partial charge is 0.418 e. The number of benzene rings is 1. The van der Waals surface area contributed by atoms with Crippen LogP contribution in [0.25, 0.3) is 5.69 Å². The second kappa shape index (κ2) is 7.66. The maximum atomic E-state index is 13.5. The summed E-state index contributed by atoms with van der Waals surface area (Å²) in [5.41, 5.74) is -6.38. The lowest BCUT2D eigenvalue weighted by Gasteiger charge is -2.50. The Kier molecular flexibility index (Phi) is 5.63. The molecule has 2 heterocycles. The minimum Gasteiger partial charge on any atom is -0.382 e. The van der Waals surface area contributed by atoms with E-state index in [4.69, 9.17) is 4.74 Å². The fraction of sp³-hybridized carbons (Fsp3) is 0.421. The van der Waals surface area contributed by atoms with Crippen molar-refractivity contribution < 1.29 is 35.9 Å². The van der Waals surface area contributed by atoms with Gasteiger partial charge in [0, 0.05) is 19.7 Å². The van der Waals surface area contributed by atoms with E-state index in [0.717, 1.165) is 23.1 Å². The van der Waals surface area contributed by atoms with Gasteiger partial charge >= 0.3 is 12.4 Å². The van der Waals surface area contributed by atoms with E-state index in [-0.39, 0.29) is 19.2 Å². The Labute approximate surface area is 172 Å². The minimum atomic E-state index is -5.08. The zero-order valence-electron chi connectivity index (χ0n) is 16.3. The summed E-state index contributed by atoms with van der Waals surface area (Å²) < 4.78 is 85.0. The standard InChI is InChI=1S/C19H17F6N3O3/c1-17(10-31-2)6-7-27(17)16(30)15-13(19(23,24)25)9-14(29)28(26-15)12-5-3-4-11(8-12)18(20,21)22/h3-5,8-9H,6-7,10H2,1-2H3. The van der Waals surface area contributed by atoms with Crippen LogP contribution in [-0.4, -0.2) is 46.4 Å². The van der Waals surface area contributed by atoms with Gasteiger partial charge in [-0.05, 0) is 31.5 Å². The third-order valence-electron chi connectivity index (χ3n) is 5.08. The Hall–Kier alpha value is -2.89. The lowest BCUT2D eigenvalue weighted by atomic mass is 9.87. The van der Waals surface area contributed by atoms with Crippen LogP contribution >= 0.6 is 0 Å². The summed E-state index contributed by atoms with van der Waals surface area (Å²) in [6, 6.07) is 3.52. The average Bonchev–Trinajstić information content (AvgIpc) is 2.65. The molecule has 1 atom stereocenters. The number of likely N-dealkylation sites (tertiary alicyclic amines) is 1. The van der Waals surface area contributed by atoms with Gasteiger partial charge in [0.25, 0.3) is 11.5 Å². The zero-order chi connectivity index (χ0) is 23.2. The van der Waals surface area contributed by atoms with Crippen LogP contribution in [0.4, 0.5) is 26.3 Å². The van der Waals surface area contributed by atoms with Gasteiger partial charge in [-0.25, -0.2) is 0 Å². The van der Waals surface area contributed by atoms with Gasteiger partial charge < -0.3 is 9.64 Å². The van der Waals surface area contributed by atoms with Crippen LogP contribution < -0.4 is 5.56 Å². The number of alkyl halides is 6. The molecular weight excluding hydrogens is 432 g/mol. The van der Waals surface area contributed by atoms with Crippen LogP contribution in [0.3, 0.4) is 0 Å². The highest BCUT2D eigenvalue weighted by molar-refractivity contribution is 5.95. The van der Waals surface area contributed by atoms with Crippen molar-refractivity contribution in [3.8, 4) is 5.69 Å². The highest BCUT2D eigenvalue weighted by atomic mass is 19.4. The summed E-state index contributed by atoms with van der Waals surface area (Å²) in [6.45, 7) is 1.82. The molecule has 3 rings (SSSR count). The number of ether oxygens (including phenoxy) is 1. The SMILES string of the molecule is COCC1(C)CCN1C(=O)c1nn(-c2cccc(C(F)(F)F)c2)c(=O)cc1C(F)(F)F. The van der Waals surface area contributed by atoms with Crippen LogP contribution in [0.5, 0.6) is 0 Å². The molecule has 6 nitrogen and oxygen atoms in total. The summed E-state index contributed by atoms with van der Waals surface area (Å²) in [5.74, 6) is -1.10. The molecule has 31 heavy (non-hydrogen) atoms. The molecule has 0 aliphatic carbocycles. The van der Waals surface area contributed by atoms with Gasteiger partial charge in [-0.2, -0.15) is 36.1 Å². The third kappa shape index (κ3) is 4.29. The summed E-state index contributed by atoms with van der Waals surface area (Å²) in [4.78, 5) is 26.3. The molecule has 168 valence electrons. The number of methoxy groups -OCH3 is 1. The van der Waals surface area contributed by atoms with E-state index in [1.54, 1.807) is 6.92 Å². The molecule has 0 spiro atoms. The number of carbonyl (C=O) groups excluding carboxylic acids is 1. The van der Waals surface area contributed by atoms with Gasteiger partial charge in [0.15, 0.2) is 5.69 Å². The van der Waals surface area contributed by atoms with E-state index < -0.39 is 51.9 Å². The molecule has 1 amide bonds. The molecule has 1 unspecified atom stereocenters. The van der Waals surface area contributed by atoms with E-state index in [0.29, 0.717) is 17.2 Å². The van der Waals surface area contributed by atoms with Crippen LogP contribution in [-0.2, 0) is 17.1 Å². The van der Waals surface area contributed by atoms with Gasteiger partial charge in [0.2, 0.25) is 0 Å². The lowest BCUT2D eigenvalue weighted by Crippen LogP contribution is -2.63. The van der Waals surface area contributed by atoms with E-state index in [1.165, 1.54) is 7.11 Å². The van der Waals surface area contributed by atoms with E-state index in [9.17, 15) is 35.9 Å². The Bertz CT molecular complexity index is 1060. The molecule has 1 saturated heterocycles. The van der Waals surface area contributed by atoms with Crippen molar-refractivity contribution in [3.63, 3.8) is 0 Å². The first-order valence-corrected chi connectivity index (χ1v) is 8.98. The van der Waals surface area contributed by atoms with Gasteiger partial charge in [-0.3, -0.25) is 9.59 Å². The molecule has 1 aromatic carbocycles. The highest BCUT2D eigenvalue weighted by Gasteiger charge is 2.47. The summed E-state index contributed by atoms with van der Waals surface area (Å²) in [6.07, 6.45) is -9.35. The number of nitrogens with zero attached hydrogens (tertiary/aromatic N) is 3. The predicted octanol–water partition coefficient (Wildman–Crippen LogP) is 3.52. The summed E-state index contributed by atoms with van der Waals surface area (Å²) in [7, 11) is 1.37. The molecule has 1 aromatic heterocycles. The quantitative estimate of drug-likeness (QED) is 0.671. The number of rotatable bonds is 4. The zero-order valence-corrected chi connectivity index (χ0v) is 16.3. The van der Waals surface area contributed by atoms with Crippen LogP contribution in [0.1, 0.15) is 35.0 Å². The third-order valence-corrected chi connectivity index (χ3v) is 5.08. The van der Waals surface area contributed by atoms with E-state index in [2.05, 4.69) is 5.10 Å². The van der Waals surface area contributed by atoms with Crippen molar-refractivity contribution in [2.75, 3.05) is 20.3 Å². The predicted molar refractivity (Wildman–Crippen MR) is 95.8 cm³/mol. The number of halogens is 6. The van der Waals surface area contributed by atoms with Crippen molar-refractivity contribution in [2.24, 2.45) is 0 Å². The summed E-state index contributed by atoms with van der Waals surface area (Å²) >= 11 is 0. The lowest BCUT2D eigenvalue weighted by molar-refractivity contribution is -0.139. The Morgan fingerprint density at radius 1 is 1.16 bits per heavy atom. The van der Waals surface area contributed by atoms with Crippen molar-refractivity contribution in [1.82, 2.24) is 14.7 Å².